The van der Waals surface area contributed by atoms with E-state index >= 15 is 0 Å². The number of nitrogens with zero attached hydrogens (tertiary/aromatic N) is 1. The van der Waals surface area contributed by atoms with Gasteiger partial charge in [0.2, 0.25) is 5.56 Å². The minimum atomic E-state index is -0.280. The number of halogens is 1. The number of hydrogen-bond acceptors (Lipinski definition) is 2. The summed E-state index contributed by atoms with van der Waals surface area (Å²) >= 11 is 3.49. The Balaban J connectivity index is 2.27. The second-order valence-corrected chi connectivity index (χ2v) is 5.41. The maximum Gasteiger partial charge on any atom is 0.254 e. The van der Waals surface area contributed by atoms with Crippen LogP contribution in [0.1, 0.15) is 28.9 Å². The molecule has 20 heavy (non-hydrogen) atoms. The van der Waals surface area contributed by atoms with Crippen LogP contribution in [-0.2, 0) is 0 Å². The molecule has 1 atom stereocenters. The van der Waals surface area contributed by atoms with E-state index in [0.29, 0.717) is 5.56 Å². The molecule has 0 bridgehead atoms. The van der Waals surface area contributed by atoms with Crippen molar-refractivity contribution in [2.45, 2.75) is 13.0 Å². The predicted octanol–water partition coefficient (Wildman–Crippen LogP) is 2.97. The highest BCUT2D eigenvalue weighted by Gasteiger charge is 2.20. The lowest BCUT2D eigenvalue weighted by Crippen LogP contribution is -2.30. The molecular formula is C15H15BrN2O2. The number of carbonyl (C=O) groups excluding carboxylic acids is 1. The maximum absolute atomic E-state index is 12.4. The lowest BCUT2D eigenvalue weighted by molar-refractivity contribution is 0.0742. The molecule has 1 amide bonds. The summed E-state index contributed by atoms with van der Waals surface area (Å²) in [6.45, 7) is 1.95. The molecule has 2 rings (SSSR count). The summed E-state index contributed by atoms with van der Waals surface area (Å²) in [5.74, 6) is -0.181. The number of benzene rings is 1. The van der Waals surface area contributed by atoms with Crippen molar-refractivity contribution in [3.8, 4) is 0 Å². The Labute approximate surface area is 125 Å². The molecule has 0 aliphatic rings. The van der Waals surface area contributed by atoms with Crippen LogP contribution in [0.3, 0.4) is 0 Å². The fraction of sp³-hybridized carbons (Fsp3) is 0.200. The number of pyridine rings is 1. The summed E-state index contributed by atoms with van der Waals surface area (Å²) in [6.07, 6.45) is 1.48. The van der Waals surface area contributed by atoms with Gasteiger partial charge >= 0.3 is 0 Å². The molecule has 0 aliphatic carbocycles. The second kappa shape index (κ2) is 6.05. The Hall–Kier alpha value is -1.88. The van der Waals surface area contributed by atoms with E-state index in [-0.39, 0.29) is 17.5 Å². The average molecular weight is 335 g/mol. The number of aromatic nitrogens is 1. The first-order chi connectivity index (χ1) is 9.50. The summed E-state index contributed by atoms with van der Waals surface area (Å²) in [5.41, 5.74) is 1.13. The van der Waals surface area contributed by atoms with E-state index in [4.69, 9.17) is 0 Å². The molecule has 5 heteroatoms. The van der Waals surface area contributed by atoms with Crippen molar-refractivity contribution in [3.05, 3.63) is 68.5 Å². The minimum absolute atomic E-state index is 0.0997. The molecule has 0 spiro atoms. The van der Waals surface area contributed by atoms with Crippen molar-refractivity contribution in [3.63, 3.8) is 0 Å². The fourth-order valence-electron chi connectivity index (χ4n) is 1.98. The second-order valence-electron chi connectivity index (χ2n) is 4.56. The molecule has 4 nitrogen and oxygen atoms in total. The van der Waals surface area contributed by atoms with Gasteiger partial charge in [-0.2, -0.15) is 0 Å². The highest BCUT2D eigenvalue weighted by molar-refractivity contribution is 9.10. The third-order valence-electron chi connectivity index (χ3n) is 3.28. The van der Waals surface area contributed by atoms with Crippen LogP contribution in [0.5, 0.6) is 0 Å². The number of aromatic amines is 1. The SMILES string of the molecule is C[C@@H](c1ccccc1Br)N(C)C(=O)c1cc[nH]c(=O)c1. The molecule has 104 valence electrons. The van der Waals surface area contributed by atoms with E-state index in [1.807, 2.05) is 31.2 Å². The summed E-state index contributed by atoms with van der Waals surface area (Å²) in [6, 6.07) is 10.6. The molecule has 1 aromatic heterocycles. The van der Waals surface area contributed by atoms with Gasteiger partial charge in [-0.25, -0.2) is 0 Å². The first-order valence-electron chi connectivity index (χ1n) is 6.21. The van der Waals surface area contributed by atoms with Crippen LogP contribution in [0.2, 0.25) is 0 Å². The predicted molar refractivity (Wildman–Crippen MR) is 81.7 cm³/mol. The van der Waals surface area contributed by atoms with E-state index in [9.17, 15) is 9.59 Å². The first-order valence-corrected chi connectivity index (χ1v) is 7.00. The van der Waals surface area contributed by atoms with Crippen LogP contribution in [0.25, 0.3) is 0 Å². The zero-order valence-electron chi connectivity index (χ0n) is 11.3. The number of nitrogens with one attached hydrogen (secondary N) is 1. The van der Waals surface area contributed by atoms with Gasteiger partial charge < -0.3 is 9.88 Å². The first kappa shape index (κ1) is 14.5. The van der Waals surface area contributed by atoms with Crippen molar-refractivity contribution in [1.29, 1.82) is 0 Å². The quantitative estimate of drug-likeness (QED) is 0.938. The maximum atomic E-state index is 12.4. The van der Waals surface area contributed by atoms with E-state index < -0.39 is 0 Å². The Morgan fingerprint density at radius 2 is 2.00 bits per heavy atom. The highest BCUT2D eigenvalue weighted by Crippen LogP contribution is 2.27. The van der Waals surface area contributed by atoms with Crippen LogP contribution < -0.4 is 5.56 Å². The van der Waals surface area contributed by atoms with Crippen molar-refractivity contribution in [2.75, 3.05) is 7.05 Å². The van der Waals surface area contributed by atoms with Gasteiger partial charge in [0.15, 0.2) is 0 Å². The highest BCUT2D eigenvalue weighted by atomic mass is 79.9. The normalized spacial score (nSPS) is 11.9. The lowest BCUT2D eigenvalue weighted by Gasteiger charge is -2.26. The molecule has 0 fully saturated rings. The monoisotopic (exact) mass is 334 g/mol. The Morgan fingerprint density at radius 3 is 2.65 bits per heavy atom. The van der Waals surface area contributed by atoms with Crippen LogP contribution in [0.15, 0.2) is 51.9 Å². The standard InChI is InChI=1S/C15H15BrN2O2/c1-10(12-5-3-4-6-13(12)16)18(2)15(20)11-7-8-17-14(19)9-11/h3-10H,1-2H3,(H,17,19)/t10-/m0/s1. The van der Waals surface area contributed by atoms with Gasteiger partial charge in [0, 0.05) is 29.3 Å². The molecule has 0 saturated carbocycles. The van der Waals surface area contributed by atoms with E-state index in [2.05, 4.69) is 20.9 Å². The summed E-state index contributed by atoms with van der Waals surface area (Å²) < 4.78 is 0.957. The molecule has 1 N–H and O–H groups in total. The summed E-state index contributed by atoms with van der Waals surface area (Å²) in [5, 5.41) is 0. The average Bonchev–Trinajstić information content (AvgIpc) is 2.45. The third-order valence-corrected chi connectivity index (χ3v) is 4.00. The summed E-state index contributed by atoms with van der Waals surface area (Å²) in [4.78, 5) is 27.8. The summed E-state index contributed by atoms with van der Waals surface area (Å²) in [7, 11) is 1.73. The smallest absolute Gasteiger partial charge is 0.254 e. The van der Waals surface area contributed by atoms with Gasteiger partial charge in [0.25, 0.3) is 5.91 Å². The van der Waals surface area contributed by atoms with Crippen LogP contribution >= 0.6 is 15.9 Å². The number of hydrogen-bond donors (Lipinski definition) is 1. The van der Waals surface area contributed by atoms with Gasteiger partial charge in [0.1, 0.15) is 0 Å². The van der Waals surface area contributed by atoms with Gasteiger partial charge in [-0.15, -0.1) is 0 Å². The zero-order valence-corrected chi connectivity index (χ0v) is 12.8. The van der Waals surface area contributed by atoms with E-state index in [1.54, 1.807) is 18.0 Å². The number of rotatable bonds is 3. The third kappa shape index (κ3) is 2.99. The Bertz CT molecular complexity index is 681. The number of H-pyrrole nitrogens is 1. The van der Waals surface area contributed by atoms with E-state index in [0.717, 1.165) is 10.0 Å². The molecule has 0 unspecified atom stereocenters. The molecule has 0 saturated heterocycles. The Morgan fingerprint density at radius 1 is 1.30 bits per heavy atom. The minimum Gasteiger partial charge on any atom is -0.335 e. The Kier molecular flexibility index (Phi) is 4.39. The van der Waals surface area contributed by atoms with Crippen molar-refractivity contribution in [1.82, 2.24) is 9.88 Å². The molecule has 1 aromatic carbocycles. The topological polar surface area (TPSA) is 53.2 Å². The molecule has 0 radical (unpaired) electrons. The molecule has 1 heterocycles. The number of carbonyl (C=O) groups is 1. The van der Waals surface area contributed by atoms with Crippen LogP contribution in [0, 0.1) is 0 Å². The zero-order chi connectivity index (χ0) is 14.7. The van der Waals surface area contributed by atoms with Gasteiger partial charge in [-0.1, -0.05) is 34.1 Å². The van der Waals surface area contributed by atoms with Gasteiger partial charge in [-0.3, -0.25) is 9.59 Å². The van der Waals surface area contributed by atoms with Crippen molar-refractivity contribution in [2.24, 2.45) is 0 Å². The van der Waals surface area contributed by atoms with Crippen molar-refractivity contribution >= 4 is 21.8 Å². The van der Waals surface area contributed by atoms with Crippen LogP contribution in [-0.4, -0.2) is 22.8 Å². The molecular weight excluding hydrogens is 320 g/mol. The fourth-order valence-corrected chi connectivity index (χ4v) is 2.60. The number of amides is 1. The van der Waals surface area contributed by atoms with E-state index in [1.165, 1.54) is 12.3 Å². The largest absolute Gasteiger partial charge is 0.335 e. The van der Waals surface area contributed by atoms with Gasteiger partial charge in [0.05, 0.1) is 6.04 Å². The van der Waals surface area contributed by atoms with Crippen molar-refractivity contribution < 1.29 is 4.79 Å². The van der Waals surface area contributed by atoms with Crippen LogP contribution in [0.4, 0.5) is 0 Å². The lowest BCUT2D eigenvalue weighted by atomic mass is 10.1. The molecule has 2 aromatic rings. The van der Waals surface area contributed by atoms with Gasteiger partial charge in [-0.05, 0) is 24.6 Å². The molecule has 0 aliphatic heterocycles.